The first-order valence-corrected chi connectivity index (χ1v) is 4.49. The summed E-state index contributed by atoms with van der Waals surface area (Å²) in [6.07, 6.45) is 3.03. The van der Waals surface area contributed by atoms with Gasteiger partial charge >= 0.3 is 0 Å². The number of carbonyl (C=O) groups excluding carboxylic acids is 1. The average Bonchev–Trinajstić information content (AvgIpc) is 2.03. The number of carbonyl (C=O) groups is 1. The van der Waals surface area contributed by atoms with Gasteiger partial charge in [-0.3, -0.25) is 9.78 Å². The van der Waals surface area contributed by atoms with Gasteiger partial charge in [0.1, 0.15) is 0 Å². The summed E-state index contributed by atoms with van der Waals surface area (Å²) in [6, 6.07) is 1.87. The van der Waals surface area contributed by atoms with E-state index in [4.69, 9.17) is 0 Å². The molecule has 1 aliphatic rings. The maximum atomic E-state index is 11.0. The molecule has 3 nitrogen and oxygen atoms in total. The number of hydrogen-bond acceptors (Lipinski definition) is 2. The molecule has 62 valence electrons. The predicted octanol–water partition coefficient (Wildman–Crippen LogP) is 1.73. The van der Waals surface area contributed by atoms with E-state index >= 15 is 0 Å². The molecule has 0 aliphatic carbocycles. The maximum Gasteiger partial charge on any atom is 0.224 e. The summed E-state index contributed by atoms with van der Waals surface area (Å²) in [6.45, 7) is 0. The summed E-state index contributed by atoms with van der Waals surface area (Å²) < 4.78 is 0.892. The molecule has 0 saturated heterocycles. The van der Waals surface area contributed by atoms with Gasteiger partial charge in [0, 0.05) is 23.5 Å². The molecule has 2 rings (SSSR count). The van der Waals surface area contributed by atoms with Crippen molar-refractivity contribution in [2.45, 2.75) is 12.8 Å². The Labute approximate surface area is 78.3 Å². The molecule has 0 spiro atoms. The standard InChI is InChI=1S/C8H7BrN2O/c9-5-3-7-6(10-4-5)1-2-8(12)11-7/h3-4H,1-2H2,(H,11,12). The lowest BCUT2D eigenvalue weighted by molar-refractivity contribution is -0.116. The Bertz CT molecular complexity index is 338. The second kappa shape index (κ2) is 2.86. The molecule has 1 aromatic heterocycles. The fourth-order valence-electron chi connectivity index (χ4n) is 1.22. The molecular weight excluding hydrogens is 220 g/mol. The molecule has 0 atom stereocenters. The third-order valence-electron chi connectivity index (χ3n) is 1.80. The number of halogens is 1. The first-order chi connectivity index (χ1) is 5.75. The van der Waals surface area contributed by atoms with Crippen molar-refractivity contribution in [3.05, 3.63) is 22.4 Å². The Balaban J connectivity index is 2.44. The van der Waals surface area contributed by atoms with Gasteiger partial charge in [-0.2, -0.15) is 0 Å². The van der Waals surface area contributed by atoms with Crippen LogP contribution in [0.5, 0.6) is 0 Å². The van der Waals surface area contributed by atoms with Crippen molar-refractivity contribution in [1.29, 1.82) is 0 Å². The Morgan fingerprint density at radius 1 is 1.50 bits per heavy atom. The molecule has 0 bridgehead atoms. The molecule has 0 saturated carbocycles. The molecule has 2 heterocycles. The van der Waals surface area contributed by atoms with E-state index in [1.807, 2.05) is 6.07 Å². The van der Waals surface area contributed by atoms with Gasteiger partial charge in [0.2, 0.25) is 5.91 Å². The highest BCUT2D eigenvalue weighted by atomic mass is 79.9. The number of pyridine rings is 1. The van der Waals surface area contributed by atoms with Gasteiger partial charge in [-0.1, -0.05) is 0 Å². The topological polar surface area (TPSA) is 42.0 Å². The molecular formula is C8H7BrN2O. The van der Waals surface area contributed by atoms with E-state index in [-0.39, 0.29) is 5.91 Å². The van der Waals surface area contributed by atoms with E-state index in [2.05, 4.69) is 26.2 Å². The zero-order valence-electron chi connectivity index (χ0n) is 6.30. The highest BCUT2D eigenvalue weighted by Crippen LogP contribution is 2.23. The first kappa shape index (κ1) is 7.73. The van der Waals surface area contributed by atoms with E-state index in [0.29, 0.717) is 6.42 Å². The van der Waals surface area contributed by atoms with E-state index < -0.39 is 0 Å². The number of nitrogens with zero attached hydrogens (tertiary/aromatic N) is 1. The van der Waals surface area contributed by atoms with E-state index in [9.17, 15) is 4.79 Å². The lowest BCUT2D eigenvalue weighted by Gasteiger charge is -2.15. The molecule has 0 fully saturated rings. The van der Waals surface area contributed by atoms with Crippen LogP contribution in [0.3, 0.4) is 0 Å². The Morgan fingerprint density at radius 2 is 2.33 bits per heavy atom. The Hall–Kier alpha value is -0.900. The summed E-state index contributed by atoms with van der Waals surface area (Å²) in [7, 11) is 0. The molecule has 1 N–H and O–H groups in total. The van der Waals surface area contributed by atoms with E-state index in [0.717, 1.165) is 22.3 Å². The van der Waals surface area contributed by atoms with Crippen LogP contribution in [0.4, 0.5) is 5.69 Å². The zero-order valence-corrected chi connectivity index (χ0v) is 7.89. The van der Waals surface area contributed by atoms with Crippen LogP contribution in [-0.2, 0) is 11.2 Å². The minimum Gasteiger partial charge on any atom is -0.324 e. The smallest absolute Gasteiger partial charge is 0.224 e. The van der Waals surface area contributed by atoms with Crippen LogP contribution in [0.2, 0.25) is 0 Å². The summed E-state index contributed by atoms with van der Waals surface area (Å²) in [5, 5.41) is 2.77. The molecule has 0 aromatic carbocycles. The fraction of sp³-hybridized carbons (Fsp3) is 0.250. The molecule has 0 radical (unpaired) electrons. The van der Waals surface area contributed by atoms with Gasteiger partial charge in [0.25, 0.3) is 0 Å². The number of amides is 1. The second-order valence-electron chi connectivity index (χ2n) is 2.70. The Kier molecular flexibility index (Phi) is 1.84. The van der Waals surface area contributed by atoms with Crippen LogP contribution in [0.25, 0.3) is 0 Å². The Morgan fingerprint density at radius 3 is 3.17 bits per heavy atom. The zero-order chi connectivity index (χ0) is 8.55. The van der Waals surface area contributed by atoms with E-state index in [1.165, 1.54) is 0 Å². The van der Waals surface area contributed by atoms with Gasteiger partial charge in [0.05, 0.1) is 11.4 Å². The number of rotatable bonds is 0. The van der Waals surface area contributed by atoms with Crippen molar-refractivity contribution in [1.82, 2.24) is 4.98 Å². The molecule has 1 amide bonds. The predicted molar refractivity (Wildman–Crippen MR) is 48.9 cm³/mol. The normalized spacial score (nSPS) is 15.2. The van der Waals surface area contributed by atoms with E-state index in [1.54, 1.807) is 6.20 Å². The number of fused-ring (bicyclic) bond motifs is 1. The van der Waals surface area contributed by atoms with Crippen molar-refractivity contribution >= 4 is 27.5 Å². The lowest BCUT2D eigenvalue weighted by atomic mass is 10.1. The van der Waals surface area contributed by atoms with Gasteiger partial charge in [-0.15, -0.1) is 0 Å². The highest BCUT2D eigenvalue weighted by molar-refractivity contribution is 9.10. The number of hydrogen-bond donors (Lipinski definition) is 1. The number of aromatic nitrogens is 1. The summed E-state index contributed by atoms with van der Waals surface area (Å²) >= 11 is 3.30. The number of anilines is 1. The first-order valence-electron chi connectivity index (χ1n) is 3.70. The summed E-state index contributed by atoms with van der Waals surface area (Å²) in [5.41, 5.74) is 1.80. The average molecular weight is 227 g/mol. The molecule has 1 aromatic rings. The van der Waals surface area contributed by atoms with Crippen molar-refractivity contribution in [3.8, 4) is 0 Å². The van der Waals surface area contributed by atoms with Crippen LogP contribution in [0.15, 0.2) is 16.7 Å². The monoisotopic (exact) mass is 226 g/mol. The highest BCUT2D eigenvalue weighted by Gasteiger charge is 2.15. The summed E-state index contributed by atoms with van der Waals surface area (Å²) in [4.78, 5) is 15.2. The fourth-order valence-corrected chi connectivity index (χ4v) is 1.55. The third-order valence-corrected chi connectivity index (χ3v) is 2.23. The lowest BCUT2D eigenvalue weighted by Crippen LogP contribution is -2.19. The van der Waals surface area contributed by atoms with Crippen molar-refractivity contribution in [2.24, 2.45) is 0 Å². The van der Waals surface area contributed by atoms with Crippen LogP contribution in [0.1, 0.15) is 12.1 Å². The van der Waals surface area contributed by atoms with Crippen LogP contribution in [-0.4, -0.2) is 10.9 Å². The van der Waals surface area contributed by atoms with Gasteiger partial charge in [-0.25, -0.2) is 0 Å². The minimum atomic E-state index is 0.0717. The number of nitrogens with one attached hydrogen (secondary N) is 1. The third kappa shape index (κ3) is 1.34. The van der Waals surface area contributed by atoms with Crippen molar-refractivity contribution < 1.29 is 4.79 Å². The van der Waals surface area contributed by atoms with Crippen LogP contribution < -0.4 is 5.32 Å². The molecule has 1 aliphatic heterocycles. The maximum absolute atomic E-state index is 11.0. The van der Waals surface area contributed by atoms with Crippen LogP contribution >= 0.6 is 15.9 Å². The van der Waals surface area contributed by atoms with Gasteiger partial charge in [-0.05, 0) is 22.0 Å². The largest absolute Gasteiger partial charge is 0.324 e. The SMILES string of the molecule is O=C1CCc2ncc(Br)cc2N1. The molecule has 4 heteroatoms. The van der Waals surface area contributed by atoms with Crippen LogP contribution in [0, 0.1) is 0 Å². The summed E-state index contributed by atoms with van der Waals surface area (Å²) in [5.74, 6) is 0.0717. The van der Waals surface area contributed by atoms with Gasteiger partial charge < -0.3 is 5.32 Å². The minimum absolute atomic E-state index is 0.0717. The second-order valence-corrected chi connectivity index (χ2v) is 3.61. The van der Waals surface area contributed by atoms with Crippen molar-refractivity contribution in [3.63, 3.8) is 0 Å². The number of aryl methyl sites for hydroxylation is 1. The molecule has 0 unspecified atom stereocenters. The van der Waals surface area contributed by atoms with Gasteiger partial charge in [0.15, 0.2) is 0 Å². The van der Waals surface area contributed by atoms with Crippen molar-refractivity contribution in [2.75, 3.05) is 5.32 Å². The quantitative estimate of drug-likeness (QED) is 0.733. The molecule has 12 heavy (non-hydrogen) atoms.